The molecule has 2 rings (SSSR count). The molecule has 3 nitrogen and oxygen atoms in total. The van der Waals surface area contributed by atoms with Gasteiger partial charge in [-0.1, -0.05) is 25.4 Å². The van der Waals surface area contributed by atoms with Crippen molar-refractivity contribution in [2.45, 2.75) is 20.3 Å². The molecule has 0 amide bonds. The van der Waals surface area contributed by atoms with Gasteiger partial charge in [0, 0.05) is 11.4 Å². The molecule has 0 N–H and O–H groups in total. The Balaban J connectivity index is 2.32. The second-order valence-corrected chi connectivity index (χ2v) is 5.06. The Morgan fingerprint density at radius 1 is 1.18 bits per heavy atom. The van der Waals surface area contributed by atoms with Gasteiger partial charge in [-0.3, -0.25) is 0 Å². The van der Waals surface area contributed by atoms with Crippen LogP contribution < -0.4 is 0 Å². The highest BCUT2D eigenvalue weighted by atomic mass is 35.5. The normalized spacial score (nSPS) is 11.1. The van der Waals surface area contributed by atoms with E-state index in [0.717, 1.165) is 17.9 Å². The molecule has 0 bridgehead atoms. The lowest BCUT2D eigenvalue weighted by Gasteiger charge is -2.01. The molecule has 90 valence electrons. The summed E-state index contributed by atoms with van der Waals surface area (Å²) in [5.41, 5.74) is 0.863. The number of hydrogen-bond acceptors (Lipinski definition) is 2. The highest BCUT2D eigenvalue weighted by Crippen LogP contribution is 2.17. The van der Waals surface area contributed by atoms with Crippen LogP contribution in [0, 0.1) is 5.92 Å². The summed E-state index contributed by atoms with van der Waals surface area (Å²) < 4.78 is 1.62. The van der Waals surface area contributed by atoms with E-state index in [1.54, 1.807) is 16.8 Å². The molecule has 17 heavy (non-hydrogen) atoms. The average Bonchev–Trinajstić information content (AvgIpc) is 2.59. The van der Waals surface area contributed by atoms with Crippen molar-refractivity contribution in [1.29, 1.82) is 0 Å². The van der Waals surface area contributed by atoms with Gasteiger partial charge in [0.15, 0.2) is 5.82 Å². The van der Waals surface area contributed by atoms with Crippen molar-refractivity contribution >= 4 is 23.2 Å². The van der Waals surface area contributed by atoms with Crippen LogP contribution in [0.1, 0.15) is 19.7 Å². The van der Waals surface area contributed by atoms with Gasteiger partial charge < -0.3 is 0 Å². The summed E-state index contributed by atoms with van der Waals surface area (Å²) in [7, 11) is 0. The van der Waals surface area contributed by atoms with Crippen molar-refractivity contribution in [3.63, 3.8) is 0 Å². The average molecular weight is 270 g/mol. The molecular formula is C12H13Cl2N3. The molecule has 0 aliphatic heterocycles. The first-order valence-corrected chi connectivity index (χ1v) is 6.19. The largest absolute Gasteiger partial charge is 0.225 e. The zero-order chi connectivity index (χ0) is 12.4. The van der Waals surface area contributed by atoms with Crippen molar-refractivity contribution < 1.29 is 0 Å². The van der Waals surface area contributed by atoms with E-state index in [-0.39, 0.29) is 0 Å². The fourth-order valence-corrected chi connectivity index (χ4v) is 1.89. The Morgan fingerprint density at radius 3 is 2.41 bits per heavy atom. The maximum atomic E-state index is 6.06. The molecule has 0 fully saturated rings. The van der Waals surface area contributed by atoms with Crippen LogP contribution in [0.15, 0.2) is 24.3 Å². The molecule has 0 saturated heterocycles. The van der Waals surface area contributed by atoms with Crippen LogP contribution >= 0.6 is 23.2 Å². The monoisotopic (exact) mass is 269 g/mol. The molecule has 0 radical (unpaired) electrons. The molecule has 2 aromatic rings. The number of halogens is 2. The third kappa shape index (κ3) is 2.99. The first-order valence-electron chi connectivity index (χ1n) is 5.43. The number of aromatic nitrogens is 3. The predicted octanol–water partition coefficient (Wildman–Crippen LogP) is 3.77. The number of benzene rings is 1. The number of hydrogen-bond donors (Lipinski definition) is 0. The summed E-state index contributed by atoms with van der Waals surface area (Å²) >= 11 is 11.9. The molecule has 0 unspecified atom stereocenters. The Kier molecular flexibility index (Phi) is 3.69. The number of rotatable bonds is 3. The van der Waals surface area contributed by atoms with Crippen LogP contribution in [0.5, 0.6) is 0 Å². The van der Waals surface area contributed by atoms with Gasteiger partial charge in [0.2, 0.25) is 5.28 Å². The van der Waals surface area contributed by atoms with Crippen molar-refractivity contribution in [2.75, 3.05) is 0 Å². The Hall–Kier alpha value is -1.06. The quantitative estimate of drug-likeness (QED) is 0.849. The van der Waals surface area contributed by atoms with Crippen molar-refractivity contribution in [1.82, 2.24) is 14.8 Å². The van der Waals surface area contributed by atoms with E-state index in [9.17, 15) is 0 Å². The Morgan fingerprint density at radius 2 is 1.82 bits per heavy atom. The smallest absolute Gasteiger partial charge is 0.203 e. The topological polar surface area (TPSA) is 30.7 Å². The van der Waals surface area contributed by atoms with Crippen LogP contribution in [0.25, 0.3) is 5.69 Å². The van der Waals surface area contributed by atoms with Gasteiger partial charge in [-0.15, -0.1) is 5.10 Å². The summed E-state index contributed by atoms with van der Waals surface area (Å²) in [6, 6.07) is 7.33. The van der Waals surface area contributed by atoms with Gasteiger partial charge in [0.1, 0.15) is 0 Å². The molecule has 0 spiro atoms. The Bertz CT molecular complexity index is 503. The summed E-state index contributed by atoms with van der Waals surface area (Å²) in [6.07, 6.45) is 0.820. The maximum absolute atomic E-state index is 6.06. The lowest BCUT2D eigenvalue weighted by atomic mass is 10.1. The van der Waals surface area contributed by atoms with Gasteiger partial charge >= 0.3 is 0 Å². The maximum Gasteiger partial charge on any atom is 0.225 e. The third-order valence-electron chi connectivity index (χ3n) is 2.27. The van der Waals surface area contributed by atoms with Crippen LogP contribution in [-0.4, -0.2) is 14.8 Å². The molecule has 0 aliphatic carbocycles. The van der Waals surface area contributed by atoms with E-state index in [1.165, 1.54) is 0 Å². The van der Waals surface area contributed by atoms with Gasteiger partial charge in [-0.2, -0.15) is 0 Å². The molecule has 1 heterocycles. The molecular weight excluding hydrogens is 257 g/mol. The zero-order valence-corrected chi connectivity index (χ0v) is 11.2. The third-order valence-corrected chi connectivity index (χ3v) is 2.77. The molecule has 1 aromatic carbocycles. The SMILES string of the molecule is CC(C)Cc1nc(Cl)n(-c2ccc(Cl)cc2)n1. The molecule has 0 aliphatic rings. The lowest BCUT2D eigenvalue weighted by molar-refractivity contribution is 0.618. The summed E-state index contributed by atoms with van der Waals surface area (Å²) in [5, 5.41) is 5.45. The molecule has 1 aromatic heterocycles. The number of nitrogens with zero attached hydrogens (tertiary/aromatic N) is 3. The fraction of sp³-hybridized carbons (Fsp3) is 0.333. The second-order valence-electron chi connectivity index (χ2n) is 4.28. The molecule has 5 heteroatoms. The van der Waals surface area contributed by atoms with Gasteiger partial charge in [0.25, 0.3) is 0 Å². The zero-order valence-electron chi connectivity index (χ0n) is 9.69. The van der Waals surface area contributed by atoms with Crippen LogP contribution in [0.3, 0.4) is 0 Å². The highest BCUT2D eigenvalue weighted by Gasteiger charge is 2.10. The van der Waals surface area contributed by atoms with Crippen LogP contribution in [-0.2, 0) is 6.42 Å². The van der Waals surface area contributed by atoms with Crippen molar-refractivity contribution in [3.8, 4) is 5.69 Å². The summed E-state index contributed by atoms with van der Waals surface area (Å²) in [5.74, 6) is 1.27. The van der Waals surface area contributed by atoms with E-state index in [4.69, 9.17) is 23.2 Å². The van der Waals surface area contributed by atoms with Gasteiger partial charge in [-0.05, 0) is 41.8 Å². The first-order chi connectivity index (χ1) is 8.06. The van der Waals surface area contributed by atoms with Gasteiger partial charge in [0.05, 0.1) is 5.69 Å². The fourth-order valence-electron chi connectivity index (χ4n) is 1.53. The van der Waals surface area contributed by atoms with E-state index in [2.05, 4.69) is 23.9 Å². The molecule has 0 atom stereocenters. The van der Waals surface area contributed by atoms with Gasteiger partial charge in [-0.25, -0.2) is 9.67 Å². The predicted molar refractivity (Wildman–Crippen MR) is 69.9 cm³/mol. The van der Waals surface area contributed by atoms with E-state index in [0.29, 0.717) is 16.2 Å². The highest BCUT2D eigenvalue weighted by molar-refractivity contribution is 6.30. The first kappa shape index (κ1) is 12.4. The van der Waals surface area contributed by atoms with E-state index >= 15 is 0 Å². The standard InChI is InChI=1S/C12H13Cl2N3/c1-8(2)7-11-15-12(14)17(16-11)10-5-3-9(13)4-6-10/h3-6,8H,7H2,1-2H3. The molecule has 0 saturated carbocycles. The van der Waals surface area contributed by atoms with E-state index < -0.39 is 0 Å². The van der Waals surface area contributed by atoms with Crippen molar-refractivity contribution in [3.05, 3.63) is 40.4 Å². The van der Waals surface area contributed by atoms with E-state index in [1.807, 2.05) is 12.1 Å². The minimum atomic E-state index is 0.378. The Labute approximate surface area is 110 Å². The summed E-state index contributed by atoms with van der Waals surface area (Å²) in [4.78, 5) is 4.23. The lowest BCUT2D eigenvalue weighted by Crippen LogP contribution is -1.99. The minimum absolute atomic E-state index is 0.378. The van der Waals surface area contributed by atoms with Crippen molar-refractivity contribution in [2.24, 2.45) is 5.92 Å². The second kappa shape index (κ2) is 5.07. The minimum Gasteiger partial charge on any atom is -0.203 e. The van der Waals surface area contributed by atoms with Crippen LogP contribution in [0.4, 0.5) is 0 Å². The summed E-state index contributed by atoms with van der Waals surface area (Å²) in [6.45, 7) is 4.24. The van der Waals surface area contributed by atoms with Crippen LogP contribution in [0.2, 0.25) is 10.3 Å².